The van der Waals surface area contributed by atoms with Gasteiger partial charge in [-0.2, -0.15) is 0 Å². The van der Waals surface area contributed by atoms with Gasteiger partial charge in [-0.05, 0) is 12.8 Å². The van der Waals surface area contributed by atoms with Crippen LogP contribution < -0.4 is 0 Å². The van der Waals surface area contributed by atoms with Crippen LogP contribution in [0, 0.1) is 0 Å². The molecular formula is C8H18NO3P. The normalized spacial score (nSPS) is 11.3. The molecule has 0 saturated heterocycles. The number of nitrogens with zero attached hydrogens (tertiary/aromatic N) is 1. The first-order chi connectivity index (χ1) is 6.35. The Kier molecular flexibility index (Phi) is 10.0. The van der Waals surface area contributed by atoms with Gasteiger partial charge >= 0.3 is 8.61 Å². The van der Waals surface area contributed by atoms with Crippen molar-refractivity contribution in [3.8, 4) is 0 Å². The average Bonchev–Trinajstić information content (AvgIpc) is 2.16. The van der Waals surface area contributed by atoms with Crippen LogP contribution in [0.3, 0.4) is 0 Å². The Balaban J connectivity index is 3.34. The van der Waals surface area contributed by atoms with Crippen molar-refractivity contribution in [2.24, 2.45) is 0 Å². The predicted molar refractivity (Wildman–Crippen MR) is 51.2 cm³/mol. The number of rotatable bonds is 9. The van der Waals surface area contributed by atoms with E-state index in [9.17, 15) is 4.57 Å². The van der Waals surface area contributed by atoms with E-state index in [0.717, 1.165) is 30.7 Å². The first-order valence-corrected chi connectivity index (χ1v) is 5.50. The first kappa shape index (κ1) is 13.0. The second-order valence-corrected chi connectivity index (χ2v) is 3.18. The number of hydrogen-bond donors (Lipinski definition) is 0. The molecular weight excluding hydrogens is 189 g/mol. The van der Waals surface area contributed by atoms with Gasteiger partial charge < -0.3 is 0 Å². The molecule has 78 valence electrons. The van der Waals surface area contributed by atoms with E-state index in [4.69, 9.17) is 9.68 Å². The fraction of sp³-hybridized carbons (Fsp3) is 1.00. The molecule has 0 atom stereocenters. The van der Waals surface area contributed by atoms with Gasteiger partial charge in [0.05, 0.1) is 13.2 Å². The summed E-state index contributed by atoms with van der Waals surface area (Å²) in [7, 11) is -0.240. The summed E-state index contributed by atoms with van der Waals surface area (Å²) in [5.74, 6) is 0. The monoisotopic (exact) mass is 207 g/mol. The topological polar surface area (TPSA) is 38.8 Å². The number of unbranched alkanes of at least 4 members (excludes halogenated alkanes) is 2. The molecule has 0 saturated carbocycles. The van der Waals surface area contributed by atoms with Gasteiger partial charge in [-0.15, -0.1) is 0 Å². The van der Waals surface area contributed by atoms with Crippen LogP contribution in [0.2, 0.25) is 0 Å². The Morgan fingerprint density at radius 3 is 1.85 bits per heavy atom. The van der Waals surface area contributed by atoms with Crippen LogP contribution in [-0.4, -0.2) is 18.2 Å². The third-order valence-electron chi connectivity index (χ3n) is 1.47. The molecule has 5 heteroatoms. The molecule has 0 rings (SSSR count). The molecule has 0 aromatic heterocycles. The lowest BCUT2D eigenvalue weighted by atomic mass is 10.4. The lowest BCUT2D eigenvalue weighted by molar-refractivity contribution is -0.299. The molecule has 0 unspecified atom stereocenters. The van der Waals surface area contributed by atoms with Gasteiger partial charge in [0.1, 0.15) is 0 Å². The largest absolute Gasteiger partial charge is 0.303 e. The van der Waals surface area contributed by atoms with E-state index in [1.807, 2.05) is 0 Å². The fourth-order valence-electron chi connectivity index (χ4n) is 0.658. The minimum Gasteiger partial charge on any atom is -0.264 e. The van der Waals surface area contributed by atoms with E-state index in [1.54, 1.807) is 0 Å². The average molecular weight is 207 g/mol. The Morgan fingerprint density at radius 2 is 1.54 bits per heavy atom. The Morgan fingerprint density at radius 1 is 1.08 bits per heavy atom. The van der Waals surface area contributed by atoms with Crippen LogP contribution in [0.15, 0.2) is 0 Å². The summed E-state index contributed by atoms with van der Waals surface area (Å²) in [4.78, 5) is 11.1. The highest BCUT2D eigenvalue weighted by Crippen LogP contribution is 2.08. The molecule has 0 aromatic carbocycles. The summed E-state index contributed by atoms with van der Waals surface area (Å²) in [5, 5.41) is 0. The van der Waals surface area contributed by atoms with Gasteiger partial charge in [0, 0.05) is 5.00 Å². The maximum absolute atomic E-state index is 10.5. The maximum atomic E-state index is 10.5. The van der Waals surface area contributed by atoms with Crippen molar-refractivity contribution in [3.63, 3.8) is 0 Å². The van der Waals surface area contributed by atoms with Crippen molar-refractivity contribution in [3.05, 3.63) is 0 Å². The lowest BCUT2D eigenvalue weighted by Crippen LogP contribution is -2.15. The lowest BCUT2D eigenvalue weighted by Gasteiger charge is -2.12. The fourth-order valence-corrected chi connectivity index (χ4v) is 0.916. The molecule has 0 aliphatic carbocycles. The van der Waals surface area contributed by atoms with Crippen molar-refractivity contribution in [2.45, 2.75) is 39.5 Å². The maximum Gasteiger partial charge on any atom is 0.303 e. The standard InChI is InChI=1S/C8H18NO3P/c1-3-5-7-11-9(13-10)12-8-6-4-2/h3-8H2,1-2H3. The van der Waals surface area contributed by atoms with Crippen LogP contribution >= 0.6 is 8.61 Å². The molecule has 0 aliphatic rings. The number of hydrogen-bond acceptors (Lipinski definition) is 3. The molecule has 4 nitrogen and oxygen atoms in total. The van der Waals surface area contributed by atoms with E-state index in [1.165, 1.54) is 0 Å². The molecule has 0 fully saturated rings. The highest BCUT2D eigenvalue weighted by atomic mass is 31.1. The smallest absolute Gasteiger partial charge is 0.264 e. The SMILES string of the molecule is CCCCON(OCCCC)P=O. The second-order valence-electron chi connectivity index (χ2n) is 2.69. The zero-order valence-electron chi connectivity index (χ0n) is 8.36. The Labute approximate surface area is 81.4 Å². The van der Waals surface area contributed by atoms with E-state index in [-0.39, 0.29) is 8.61 Å². The van der Waals surface area contributed by atoms with Gasteiger partial charge in [0.25, 0.3) is 0 Å². The van der Waals surface area contributed by atoms with Gasteiger partial charge in [-0.3, -0.25) is 14.2 Å². The van der Waals surface area contributed by atoms with E-state index < -0.39 is 0 Å². The molecule has 13 heavy (non-hydrogen) atoms. The summed E-state index contributed by atoms with van der Waals surface area (Å²) in [6, 6.07) is 0. The van der Waals surface area contributed by atoms with Crippen LogP contribution in [0.5, 0.6) is 0 Å². The third kappa shape index (κ3) is 8.31. The minimum absolute atomic E-state index is 0.240. The van der Waals surface area contributed by atoms with E-state index in [2.05, 4.69) is 13.8 Å². The molecule has 0 N–H and O–H groups in total. The molecule has 0 amide bonds. The van der Waals surface area contributed by atoms with E-state index in [0.29, 0.717) is 13.2 Å². The minimum atomic E-state index is -0.240. The zero-order chi connectivity index (χ0) is 9.94. The van der Waals surface area contributed by atoms with Crippen LogP contribution in [-0.2, 0) is 14.2 Å². The highest BCUT2D eigenvalue weighted by Gasteiger charge is 2.04. The van der Waals surface area contributed by atoms with Gasteiger partial charge in [0.15, 0.2) is 0 Å². The van der Waals surface area contributed by atoms with Crippen molar-refractivity contribution >= 4 is 8.61 Å². The zero-order valence-corrected chi connectivity index (χ0v) is 9.26. The van der Waals surface area contributed by atoms with Crippen LogP contribution in [0.4, 0.5) is 0 Å². The highest BCUT2D eigenvalue weighted by molar-refractivity contribution is 7.20. The molecule has 0 bridgehead atoms. The van der Waals surface area contributed by atoms with Crippen molar-refractivity contribution in [1.29, 1.82) is 0 Å². The summed E-state index contributed by atoms with van der Waals surface area (Å²) >= 11 is 0. The van der Waals surface area contributed by atoms with Crippen molar-refractivity contribution in [2.75, 3.05) is 13.2 Å². The van der Waals surface area contributed by atoms with Crippen LogP contribution in [0.1, 0.15) is 39.5 Å². The van der Waals surface area contributed by atoms with Gasteiger partial charge in [-0.1, -0.05) is 26.7 Å². The summed E-state index contributed by atoms with van der Waals surface area (Å²) in [5.41, 5.74) is 0. The molecule has 0 heterocycles. The first-order valence-electron chi connectivity index (χ1n) is 4.74. The van der Waals surface area contributed by atoms with E-state index >= 15 is 0 Å². The third-order valence-corrected chi connectivity index (χ3v) is 1.83. The van der Waals surface area contributed by atoms with Gasteiger partial charge in [0.2, 0.25) is 0 Å². The Bertz CT molecular complexity index is 114. The molecule has 0 spiro atoms. The summed E-state index contributed by atoms with van der Waals surface area (Å²) in [6.07, 6.45) is 4.00. The van der Waals surface area contributed by atoms with Crippen LogP contribution in [0.25, 0.3) is 0 Å². The quantitative estimate of drug-likeness (QED) is 0.331. The summed E-state index contributed by atoms with van der Waals surface area (Å²) in [6.45, 7) is 5.25. The molecule has 0 radical (unpaired) electrons. The molecule has 0 aliphatic heterocycles. The van der Waals surface area contributed by atoms with Gasteiger partial charge in [-0.25, -0.2) is 0 Å². The van der Waals surface area contributed by atoms with Crippen molar-refractivity contribution < 1.29 is 14.2 Å². The summed E-state index contributed by atoms with van der Waals surface area (Å²) < 4.78 is 10.5. The molecule has 0 aromatic rings. The predicted octanol–water partition coefficient (Wildman–Crippen LogP) is 2.96. The second kappa shape index (κ2) is 10.1. The van der Waals surface area contributed by atoms with Crippen molar-refractivity contribution in [1.82, 2.24) is 5.00 Å². The Hall–Kier alpha value is -0.0200.